The van der Waals surface area contributed by atoms with Crippen LogP contribution in [0.4, 0.5) is 0 Å². The van der Waals surface area contributed by atoms with Crippen molar-refractivity contribution in [3.05, 3.63) is 66.7 Å². The number of hydrogen-bond acceptors (Lipinski definition) is 3. The molecule has 0 aromatic heterocycles. The van der Waals surface area contributed by atoms with Crippen LogP contribution in [-0.2, 0) is 16.1 Å². The molecular weight excluding hydrogens is 276 g/mol. The zero-order valence-electron chi connectivity index (χ0n) is 13.6. The first-order valence-electron chi connectivity index (χ1n) is 7.60. The smallest absolute Gasteiger partial charge is 0.119 e. The Morgan fingerprint density at radius 1 is 1.05 bits per heavy atom. The van der Waals surface area contributed by atoms with E-state index in [1.54, 1.807) is 19.3 Å². The van der Waals surface area contributed by atoms with Gasteiger partial charge in [-0.1, -0.05) is 45.1 Å². The van der Waals surface area contributed by atoms with Crippen LogP contribution >= 0.6 is 0 Å². The van der Waals surface area contributed by atoms with Gasteiger partial charge in [0.1, 0.15) is 23.9 Å². The van der Waals surface area contributed by atoms with Crippen molar-refractivity contribution in [3.8, 4) is 5.75 Å². The minimum atomic E-state index is 0.471. The van der Waals surface area contributed by atoms with E-state index in [1.807, 2.05) is 24.3 Å². The zero-order valence-corrected chi connectivity index (χ0v) is 13.6. The lowest BCUT2D eigenvalue weighted by Gasteiger charge is -2.08. The molecule has 3 heteroatoms. The average molecular weight is 302 g/mol. The van der Waals surface area contributed by atoms with Crippen LogP contribution in [0.1, 0.15) is 31.7 Å². The van der Waals surface area contributed by atoms with Crippen molar-refractivity contribution in [3.63, 3.8) is 0 Å². The fourth-order valence-corrected chi connectivity index (χ4v) is 1.70. The number of ether oxygens (including phenoxy) is 3. The second-order valence-electron chi connectivity index (χ2n) is 4.96. The van der Waals surface area contributed by atoms with Crippen LogP contribution in [0, 0.1) is 0 Å². The normalized spacial score (nSPS) is 10.5. The lowest BCUT2D eigenvalue weighted by atomic mass is 10.2. The molecule has 3 nitrogen and oxygen atoms in total. The first-order valence-corrected chi connectivity index (χ1v) is 7.60. The van der Waals surface area contributed by atoms with Gasteiger partial charge in [-0.05, 0) is 36.3 Å². The van der Waals surface area contributed by atoms with Crippen molar-refractivity contribution in [2.45, 2.75) is 32.8 Å². The molecule has 0 heterocycles. The lowest BCUT2D eigenvalue weighted by Crippen LogP contribution is -1.97. The largest absolute Gasteiger partial charge is 0.497 e. The standard InChI is InChI=1S/C19H26O3/c1-5-6-7-14-21-19-12-10-18(11-13-19)15-22-17(3)9-8-16(2)20-4/h8-13H,2-3,5-7,14-15H2,1,4H3/b9-8-. The van der Waals surface area contributed by atoms with Gasteiger partial charge in [-0.15, -0.1) is 0 Å². The summed E-state index contributed by atoms with van der Waals surface area (Å²) in [7, 11) is 1.57. The molecule has 0 atom stereocenters. The number of unbranched alkanes of at least 4 members (excludes halogenated alkanes) is 2. The third kappa shape index (κ3) is 7.58. The van der Waals surface area contributed by atoms with Crippen LogP contribution in [0.25, 0.3) is 0 Å². The highest BCUT2D eigenvalue weighted by atomic mass is 16.5. The van der Waals surface area contributed by atoms with Crippen molar-refractivity contribution in [2.24, 2.45) is 0 Å². The topological polar surface area (TPSA) is 27.7 Å². The van der Waals surface area contributed by atoms with E-state index in [0.717, 1.165) is 24.3 Å². The molecule has 0 unspecified atom stereocenters. The molecular formula is C19H26O3. The molecule has 0 N–H and O–H groups in total. The Hall–Kier alpha value is -2.16. The van der Waals surface area contributed by atoms with Crippen molar-refractivity contribution in [2.75, 3.05) is 13.7 Å². The van der Waals surface area contributed by atoms with Gasteiger partial charge in [0.05, 0.1) is 13.7 Å². The van der Waals surface area contributed by atoms with Gasteiger partial charge in [0, 0.05) is 0 Å². The second kappa shape index (κ2) is 10.6. The van der Waals surface area contributed by atoms with E-state index in [1.165, 1.54) is 12.8 Å². The molecule has 0 radical (unpaired) electrons. The molecule has 0 fully saturated rings. The maximum absolute atomic E-state index is 5.67. The molecule has 22 heavy (non-hydrogen) atoms. The van der Waals surface area contributed by atoms with Crippen molar-refractivity contribution in [1.82, 2.24) is 0 Å². The molecule has 0 aliphatic heterocycles. The van der Waals surface area contributed by atoms with Gasteiger partial charge >= 0.3 is 0 Å². The molecule has 1 aromatic carbocycles. The molecule has 0 saturated carbocycles. The highest BCUT2D eigenvalue weighted by Crippen LogP contribution is 2.14. The number of rotatable bonds is 11. The van der Waals surface area contributed by atoms with Crippen LogP contribution in [0.15, 0.2) is 61.1 Å². The van der Waals surface area contributed by atoms with Gasteiger partial charge in [-0.2, -0.15) is 0 Å². The molecule has 1 aromatic rings. The molecule has 0 aliphatic rings. The molecule has 0 amide bonds. The summed E-state index contributed by atoms with van der Waals surface area (Å²) in [6.07, 6.45) is 6.96. The van der Waals surface area contributed by atoms with E-state index < -0.39 is 0 Å². The van der Waals surface area contributed by atoms with E-state index in [9.17, 15) is 0 Å². The molecule has 0 spiro atoms. The highest BCUT2D eigenvalue weighted by molar-refractivity contribution is 5.27. The van der Waals surface area contributed by atoms with Gasteiger partial charge < -0.3 is 14.2 Å². The Morgan fingerprint density at radius 3 is 2.36 bits per heavy atom. The summed E-state index contributed by atoms with van der Waals surface area (Å²) in [6.45, 7) is 10.9. The summed E-state index contributed by atoms with van der Waals surface area (Å²) in [5.74, 6) is 2.03. The average Bonchev–Trinajstić information content (AvgIpc) is 2.55. The Balaban J connectivity index is 2.33. The van der Waals surface area contributed by atoms with E-state index in [2.05, 4.69) is 20.1 Å². The SMILES string of the molecule is C=C(/C=C\C(=C)OCc1ccc(OCCCCC)cc1)OC. The molecule has 0 bridgehead atoms. The summed E-state index contributed by atoms with van der Waals surface area (Å²) in [6, 6.07) is 7.94. The summed E-state index contributed by atoms with van der Waals surface area (Å²) >= 11 is 0. The summed E-state index contributed by atoms with van der Waals surface area (Å²) < 4.78 is 16.2. The lowest BCUT2D eigenvalue weighted by molar-refractivity contribution is 0.212. The van der Waals surface area contributed by atoms with Crippen LogP contribution in [0.2, 0.25) is 0 Å². The maximum atomic E-state index is 5.67. The molecule has 120 valence electrons. The van der Waals surface area contributed by atoms with Gasteiger partial charge in [0.15, 0.2) is 0 Å². The molecule has 0 aliphatic carbocycles. The van der Waals surface area contributed by atoms with Gasteiger partial charge in [0.2, 0.25) is 0 Å². The predicted octanol–water partition coefficient (Wildman–Crippen LogP) is 5.00. The number of hydrogen-bond donors (Lipinski definition) is 0. The van der Waals surface area contributed by atoms with Crippen LogP contribution in [0.5, 0.6) is 5.75 Å². The minimum absolute atomic E-state index is 0.471. The van der Waals surface area contributed by atoms with E-state index >= 15 is 0 Å². The Labute approximate surface area is 133 Å². The Kier molecular flexibility index (Phi) is 8.58. The minimum Gasteiger partial charge on any atom is -0.497 e. The van der Waals surface area contributed by atoms with Gasteiger partial charge in [0.25, 0.3) is 0 Å². The van der Waals surface area contributed by atoms with Crippen molar-refractivity contribution in [1.29, 1.82) is 0 Å². The van der Waals surface area contributed by atoms with Crippen LogP contribution in [0.3, 0.4) is 0 Å². The van der Waals surface area contributed by atoms with E-state index in [4.69, 9.17) is 14.2 Å². The van der Waals surface area contributed by atoms with E-state index in [0.29, 0.717) is 18.1 Å². The number of methoxy groups -OCH3 is 1. The monoisotopic (exact) mass is 302 g/mol. The van der Waals surface area contributed by atoms with Crippen molar-refractivity contribution < 1.29 is 14.2 Å². The number of allylic oxidation sites excluding steroid dienone is 2. The molecule has 1 rings (SSSR count). The predicted molar refractivity (Wildman–Crippen MR) is 90.7 cm³/mol. The third-order valence-electron chi connectivity index (χ3n) is 3.08. The highest BCUT2D eigenvalue weighted by Gasteiger charge is 1.97. The Morgan fingerprint density at radius 2 is 1.73 bits per heavy atom. The van der Waals surface area contributed by atoms with Gasteiger partial charge in [-0.25, -0.2) is 0 Å². The first-order chi connectivity index (χ1) is 10.7. The fourth-order valence-electron chi connectivity index (χ4n) is 1.70. The van der Waals surface area contributed by atoms with Gasteiger partial charge in [-0.3, -0.25) is 0 Å². The maximum Gasteiger partial charge on any atom is 0.119 e. The molecule has 0 saturated heterocycles. The second-order valence-corrected chi connectivity index (χ2v) is 4.96. The van der Waals surface area contributed by atoms with E-state index in [-0.39, 0.29) is 0 Å². The van der Waals surface area contributed by atoms with Crippen LogP contribution < -0.4 is 4.74 Å². The third-order valence-corrected chi connectivity index (χ3v) is 3.08. The van der Waals surface area contributed by atoms with Crippen LogP contribution in [-0.4, -0.2) is 13.7 Å². The fraction of sp³-hybridized carbons (Fsp3) is 0.368. The first kappa shape index (κ1) is 17.9. The van der Waals surface area contributed by atoms with Crippen molar-refractivity contribution >= 4 is 0 Å². The summed E-state index contributed by atoms with van der Waals surface area (Å²) in [4.78, 5) is 0. The summed E-state index contributed by atoms with van der Waals surface area (Å²) in [5, 5.41) is 0. The zero-order chi connectivity index (χ0) is 16.2. The number of benzene rings is 1. The quantitative estimate of drug-likeness (QED) is 0.327. The Bertz CT molecular complexity index is 486. The summed E-state index contributed by atoms with van der Waals surface area (Å²) in [5.41, 5.74) is 1.07.